The maximum atomic E-state index is 12.4. The zero-order valence-corrected chi connectivity index (χ0v) is 12.2. The van der Waals surface area contributed by atoms with Crippen LogP contribution in [0.15, 0.2) is 24.3 Å². The van der Waals surface area contributed by atoms with E-state index in [1.165, 1.54) is 12.1 Å². The van der Waals surface area contributed by atoms with Gasteiger partial charge in [0.15, 0.2) is 0 Å². The number of hydrogen-bond acceptors (Lipinski definition) is 3. The van der Waals surface area contributed by atoms with Crippen molar-refractivity contribution in [2.75, 3.05) is 0 Å². The van der Waals surface area contributed by atoms with Crippen LogP contribution in [-0.4, -0.2) is 33.5 Å². The molecule has 2 rings (SSSR count). The minimum Gasteiger partial charge on any atom is -0.478 e. The lowest BCUT2D eigenvalue weighted by molar-refractivity contribution is -0.132. The van der Waals surface area contributed by atoms with Crippen LogP contribution in [0.1, 0.15) is 36.7 Å². The van der Waals surface area contributed by atoms with Gasteiger partial charge in [-0.25, -0.2) is 9.59 Å². The summed E-state index contributed by atoms with van der Waals surface area (Å²) < 4.78 is 0. The molecule has 6 nitrogen and oxygen atoms in total. The van der Waals surface area contributed by atoms with Crippen molar-refractivity contribution in [2.24, 2.45) is 5.92 Å². The number of nitrogens with one attached hydrogen (secondary N) is 1. The van der Waals surface area contributed by atoms with Crippen LogP contribution in [-0.2, 0) is 11.3 Å². The summed E-state index contributed by atoms with van der Waals surface area (Å²) in [6.07, 6.45) is 0. The van der Waals surface area contributed by atoms with E-state index in [-0.39, 0.29) is 23.9 Å². The van der Waals surface area contributed by atoms with Crippen molar-refractivity contribution in [3.8, 4) is 0 Å². The average molecular weight is 290 g/mol. The molecule has 1 aliphatic rings. The minimum atomic E-state index is -1.04. The summed E-state index contributed by atoms with van der Waals surface area (Å²) in [7, 11) is 0. The first-order valence-electron chi connectivity index (χ1n) is 6.72. The highest BCUT2D eigenvalue weighted by molar-refractivity contribution is 6.06. The predicted octanol–water partition coefficient (Wildman–Crippen LogP) is 1.85. The first-order chi connectivity index (χ1) is 9.75. The molecule has 0 spiro atoms. The molecular weight excluding hydrogens is 272 g/mol. The van der Waals surface area contributed by atoms with E-state index in [0.29, 0.717) is 5.56 Å². The zero-order valence-electron chi connectivity index (χ0n) is 12.2. The molecule has 112 valence electrons. The highest BCUT2D eigenvalue weighted by atomic mass is 16.4. The van der Waals surface area contributed by atoms with E-state index in [1.807, 2.05) is 13.8 Å². The standard InChI is InChI=1S/C15H18N2O4/c1-9(2)15(3)13(20)17(14(21)16-15)8-10-5-4-6-11(7-10)12(18)19/h4-7,9H,8H2,1-3H3,(H,16,21)(H,18,19). The van der Waals surface area contributed by atoms with Crippen LogP contribution >= 0.6 is 0 Å². The van der Waals surface area contributed by atoms with Gasteiger partial charge in [0.2, 0.25) is 0 Å². The molecule has 1 fully saturated rings. The molecule has 3 amide bonds. The van der Waals surface area contributed by atoms with E-state index in [9.17, 15) is 14.4 Å². The molecule has 0 bridgehead atoms. The van der Waals surface area contributed by atoms with Crippen LogP contribution in [0.4, 0.5) is 4.79 Å². The Morgan fingerprint density at radius 2 is 2.05 bits per heavy atom. The lowest BCUT2D eigenvalue weighted by Gasteiger charge is -2.25. The van der Waals surface area contributed by atoms with E-state index in [0.717, 1.165) is 4.90 Å². The van der Waals surface area contributed by atoms with Crippen molar-refractivity contribution in [2.45, 2.75) is 32.9 Å². The molecule has 1 atom stereocenters. The SMILES string of the molecule is CC(C)C1(C)NC(=O)N(Cc2cccc(C(=O)O)c2)C1=O. The normalized spacial score (nSPS) is 21.8. The largest absolute Gasteiger partial charge is 0.478 e. The number of imide groups is 1. The molecular formula is C15H18N2O4. The number of carboxylic acid groups (broad SMARTS) is 1. The van der Waals surface area contributed by atoms with E-state index < -0.39 is 17.5 Å². The summed E-state index contributed by atoms with van der Waals surface area (Å²) in [5, 5.41) is 11.7. The Morgan fingerprint density at radius 1 is 1.38 bits per heavy atom. The second-order valence-electron chi connectivity index (χ2n) is 5.68. The van der Waals surface area contributed by atoms with Gasteiger partial charge in [-0.2, -0.15) is 0 Å². The number of aromatic carboxylic acids is 1. The molecule has 1 saturated heterocycles. The van der Waals surface area contributed by atoms with Crippen LogP contribution < -0.4 is 5.32 Å². The van der Waals surface area contributed by atoms with Gasteiger partial charge in [-0.1, -0.05) is 26.0 Å². The maximum Gasteiger partial charge on any atom is 0.335 e. The summed E-state index contributed by atoms with van der Waals surface area (Å²) in [4.78, 5) is 36.5. The summed E-state index contributed by atoms with van der Waals surface area (Å²) in [5.74, 6) is -1.37. The molecule has 1 aromatic rings. The van der Waals surface area contributed by atoms with Crippen molar-refractivity contribution in [1.29, 1.82) is 0 Å². The van der Waals surface area contributed by atoms with Gasteiger partial charge in [0, 0.05) is 0 Å². The highest BCUT2D eigenvalue weighted by Gasteiger charge is 2.49. The number of carboxylic acids is 1. The predicted molar refractivity (Wildman–Crippen MR) is 75.7 cm³/mol. The molecule has 1 unspecified atom stereocenters. The fourth-order valence-corrected chi connectivity index (χ4v) is 2.24. The van der Waals surface area contributed by atoms with Gasteiger partial charge >= 0.3 is 12.0 Å². The lowest BCUT2D eigenvalue weighted by atomic mass is 9.88. The van der Waals surface area contributed by atoms with E-state index in [2.05, 4.69) is 5.32 Å². The average Bonchev–Trinajstić information content (AvgIpc) is 2.64. The second kappa shape index (κ2) is 5.20. The summed E-state index contributed by atoms with van der Waals surface area (Å²) in [6.45, 7) is 5.50. The Labute approximate surface area is 122 Å². The summed E-state index contributed by atoms with van der Waals surface area (Å²) in [5.41, 5.74) is -0.181. The fraction of sp³-hybridized carbons (Fsp3) is 0.400. The molecule has 0 radical (unpaired) electrons. The Bertz CT molecular complexity index is 611. The van der Waals surface area contributed by atoms with Crippen LogP contribution in [0.3, 0.4) is 0 Å². The van der Waals surface area contributed by atoms with E-state index in [1.54, 1.807) is 19.1 Å². The number of rotatable bonds is 4. The second-order valence-corrected chi connectivity index (χ2v) is 5.68. The van der Waals surface area contributed by atoms with Gasteiger partial charge in [0.25, 0.3) is 5.91 Å². The number of benzene rings is 1. The first kappa shape index (κ1) is 15.0. The molecule has 21 heavy (non-hydrogen) atoms. The van der Waals surface area contributed by atoms with Gasteiger partial charge in [-0.15, -0.1) is 0 Å². The smallest absolute Gasteiger partial charge is 0.335 e. The van der Waals surface area contributed by atoms with Crippen LogP contribution in [0.2, 0.25) is 0 Å². The molecule has 0 aliphatic carbocycles. The van der Waals surface area contributed by atoms with Crippen molar-refractivity contribution >= 4 is 17.9 Å². The molecule has 2 N–H and O–H groups in total. The monoisotopic (exact) mass is 290 g/mol. The number of carbonyl (C=O) groups excluding carboxylic acids is 2. The van der Waals surface area contributed by atoms with E-state index in [4.69, 9.17) is 5.11 Å². The number of amides is 3. The molecule has 6 heteroatoms. The van der Waals surface area contributed by atoms with Gasteiger partial charge < -0.3 is 10.4 Å². The third kappa shape index (κ3) is 2.61. The van der Waals surface area contributed by atoms with Crippen LogP contribution in [0, 0.1) is 5.92 Å². The number of urea groups is 1. The Balaban J connectivity index is 2.24. The zero-order chi connectivity index (χ0) is 15.8. The third-order valence-corrected chi connectivity index (χ3v) is 3.97. The van der Waals surface area contributed by atoms with Crippen molar-refractivity contribution in [3.63, 3.8) is 0 Å². The van der Waals surface area contributed by atoms with Crippen molar-refractivity contribution in [1.82, 2.24) is 10.2 Å². The number of nitrogens with zero attached hydrogens (tertiary/aromatic N) is 1. The minimum absolute atomic E-state index is 0.0377. The Morgan fingerprint density at radius 3 is 2.57 bits per heavy atom. The van der Waals surface area contributed by atoms with Crippen molar-refractivity contribution < 1.29 is 19.5 Å². The topological polar surface area (TPSA) is 86.7 Å². The molecule has 0 saturated carbocycles. The van der Waals surface area contributed by atoms with Crippen molar-refractivity contribution in [3.05, 3.63) is 35.4 Å². The molecule has 1 aliphatic heterocycles. The maximum absolute atomic E-state index is 12.4. The number of hydrogen-bond donors (Lipinski definition) is 2. The fourth-order valence-electron chi connectivity index (χ4n) is 2.24. The first-order valence-corrected chi connectivity index (χ1v) is 6.72. The van der Waals surface area contributed by atoms with Gasteiger partial charge in [0.05, 0.1) is 12.1 Å². The third-order valence-electron chi connectivity index (χ3n) is 3.97. The van der Waals surface area contributed by atoms with Gasteiger partial charge in [-0.05, 0) is 30.5 Å². The quantitative estimate of drug-likeness (QED) is 0.828. The highest BCUT2D eigenvalue weighted by Crippen LogP contribution is 2.26. The molecule has 1 heterocycles. The lowest BCUT2D eigenvalue weighted by Crippen LogP contribution is -2.48. The van der Waals surface area contributed by atoms with E-state index >= 15 is 0 Å². The number of carbonyl (C=O) groups is 3. The van der Waals surface area contributed by atoms with Crippen LogP contribution in [0.25, 0.3) is 0 Å². The summed E-state index contributed by atoms with van der Waals surface area (Å²) in [6, 6.07) is 5.78. The summed E-state index contributed by atoms with van der Waals surface area (Å²) >= 11 is 0. The Kier molecular flexibility index (Phi) is 3.72. The van der Waals surface area contributed by atoms with Gasteiger partial charge in [-0.3, -0.25) is 9.69 Å². The van der Waals surface area contributed by atoms with Gasteiger partial charge in [0.1, 0.15) is 5.54 Å². The molecule has 1 aromatic carbocycles. The molecule has 0 aromatic heterocycles. The van der Waals surface area contributed by atoms with Crippen LogP contribution in [0.5, 0.6) is 0 Å². The Hall–Kier alpha value is -2.37.